The predicted octanol–water partition coefficient (Wildman–Crippen LogP) is 3.40. The second-order valence-electron chi connectivity index (χ2n) is 6.28. The zero-order chi connectivity index (χ0) is 10.5. The molecule has 1 heterocycles. The van der Waals surface area contributed by atoms with Crippen molar-refractivity contribution in [2.24, 2.45) is 23.2 Å². The maximum absolute atomic E-state index is 5.92. The number of ether oxygens (including phenoxy) is 1. The minimum Gasteiger partial charge on any atom is -0.374 e. The van der Waals surface area contributed by atoms with Crippen molar-refractivity contribution < 1.29 is 4.74 Å². The van der Waals surface area contributed by atoms with Crippen LogP contribution in [0.1, 0.15) is 39.5 Å². The minimum atomic E-state index is 0.438. The van der Waals surface area contributed by atoms with E-state index in [0.717, 1.165) is 30.8 Å². The van der Waals surface area contributed by atoms with Gasteiger partial charge in [-0.25, -0.2) is 0 Å². The Bertz CT molecular complexity index is 283. The molecule has 3 rings (SSSR count). The van der Waals surface area contributed by atoms with Gasteiger partial charge < -0.3 is 4.74 Å². The molecule has 0 radical (unpaired) electrons. The molecule has 0 aromatic carbocycles. The first kappa shape index (κ1) is 9.89. The standard InChI is InChI=1S/C14H22O/c1-10-7-14(2)8-11(10)12(9-14)13-5-3-4-6-15-13/h3,5,10-13H,4,6-9H2,1-2H3. The average molecular weight is 206 g/mol. The average Bonchev–Trinajstić information content (AvgIpc) is 2.71. The van der Waals surface area contributed by atoms with Crippen LogP contribution in [-0.4, -0.2) is 12.7 Å². The number of hydrogen-bond donors (Lipinski definition) is 0. The summed E-state index contributed by atoms with van der Waals surface area (Å²) in [6.07, 6.45) is 10.5. The summed E-state index contributed by atoms with van der Waals surface area (Å²) >= 11 is 0. The third-order valence-electron chi connectivity index (χ3n) is 4.90. The summed E-state index contributed by atoms with van der Waals surface area (Å²) in [7, 11) is 0. The van der Waals surface area contributed by atoms with E-state index in [1.807, 2.05) is 0 Å². The highest BCUT2D eigenvalue weighted by atomic mass is 16.5. The molecule has 2 bridgehead atoms. The number of fused-ring (bicyclic) bond motifs is 2. The van der Waals surface area contributed by atoms with Gasteiger partial charge in [0.2, 0.25) is 0 Å². The zero-order valence-electron chi connectivity index (χ0n) is 9.91. The maximum atomic E-state index is 5.92. The Morgan fingerprint density at radius 2 is 2.00 bits per heavy atom. The van der Waals surface area contributed by atoms with Gasteiger partial charge in [-0.2, -0.15) is 0 Å². The van der Waals surface area contributed by atoms with Crippen LogP contribution < -0.4 is 0 Å². The van der Waals surface area contributed by atoms with Crippen LogP contribution in [0.4, 0.5) is 0 Å². The molecular formula is C14H22O. The molecule has 84 valence electrons. The van der Waals surface area contributed by atoms with Gasteiger partial charge in [0.15, 0.2) is 0 Å². The third kappa shape index (κ3) is 1.56. The lowest BCUT2D eigenvalue weighted by molar-refractivity contribution is 0.00675. The summed E-state index contributed by atoms with van der Waals surface area (Å²) < 4.78 is 5.92. The van der Waals surface area contributed by atoms with E-state index in [9.17, 15) is 0 Å². The molecule has 0 spiro atoms. The van der Waals surface area contributed by atoms with E-state index >= 15 is 0 Å². The van der Waals surface area contributed by atoms with Crippen molar-refractivity contribution in [3.8, 4) is 0 Å². The minimum absolute atomic E-state index is 0.438. The predicted molar refractivity (Wildman–Crippen MR) is 61.6 cm³/mol. The van der Waals surface area contributed by atoms with Gasteiger partial charge in [-0.05, 0) is 48.9 Å². The largest absolute Gasteiger partial charge is 0.374 e. The van der Waals surface area contributed by atoms with Crippen LogP contribution in [0.2, 0.25) is 0 Å². The van der Waals surface area contributed by atoms with Gasteiger partial charge in [0.25, 0.3) is 0 Å². The highest BCUT2D eigenvalue weighted by molar-refractivity contribution is 5.08. The lowest BCUT2D eigenvalue weighted by Crippen LogP contribution is -2.33. The Hall–Kier alpha value is -0.300. The highest BCUT2D eigenvalue weighted by Gasteiger charge is 2.53. The normalized spacial score (nSPS) is 53.7. The van der Waals surface area contributed by atoms with Crippen LogP contribution in [0.5, 0.6) is 0 Å². The molecule has 15 heavy (non-hydrogen) atoms. The van der Waals surface area contributed by atoms with Gasteiger partial charge in [-0.15, -0.1) is 0 Å². The molecular weight excluding hydrogens is 184 g/mol. The van der Waals surface area contributed by atoms with Gasteiger partial charge in [0.05, 0.1) is 12.7 Å². The Morgan fingerprint density at radius 1 is 1.20 bits per heavy atom. The summed E-state index contributed by atoms with van der Waals surface area (Å²) in [5, 5.41) is 0. The van der Waals surface area contributed by atoms with Crippen molar-refractivity contribution in [3.05, 3.63) is 12.2 Å². The molecule has 2 fully saturated rings. The number of rotatable bonds is 1. The quantitative estimate of drug-likeness (QED) is 0.597. The van der Waals surface area contributed by atoms with Gasteiger partial charge in [0.1, 0.15) is 0 Å². The molecule has 0 saturated heterocycles. The molecule has 2 saturated carbocycles. The summed E-state index contributed by atoms with van der Waals surface area (Å²) in [5.74, 6) is 2.67. The summed E-state index contributed by atoms with van der Waals surface area (Å²) in [4.78, 5) is 0. The van der Waals surface area contributed by atoms with Crippen LogP contribution in [0.15, 0.2) is 12.2 Å². The molecule has 5 atom stereocenters. The van der Waals surface area contributed by atoms with Crippen LogP contribution >= 0.6 is 0 Å². The highest BCUT2D eigenvalue weighted by Crippen LogP contribution is 2.60. The van der Waals surface area contributed by atoms with Gasteiger partial charge in [-0.3, -0.25) is 0 Å². The molecule has 2 aliphatic carbocycles. The summed E-state index contributed by atoms with van der Waals surface area (Å²) in [6, 6.07) is 0. The van der Waals surface area contributed by atoms with Crippen molar-refractivity contribution in [1.82, 2.24) is 0 Å². The molecule has 5 unspecified atom stereocenters. The van der Waals surface area contributed by atoms with E-state index in [2.05, 4.69) is 26.0 Å². The molecule has 0 aromatic heterocycles. The second kappa shape index (κ2) is 3.35. The van der Waals surface area contributed by atoms with Crippen molar-refractivity contribution >= 4 is 0 Å². The molecule has 0 N–H and O–H groups in total. The zero-order valence-corrected chi connectivity index (χ0v) is 9.91. The fraction of sp³-hybridized carbons (Fsp3) is 0.857. The number of hydrogen-bond acceptors (Lipinski definition) is 1. The van der Waals surface area contributed by atoms with Crippen LogP contribution in [0, 0.1) is 23.2 Å². The van der Waals surface area contributed by atoms with E-state index in [0.29, 0.717) is 11.5 Å². The second-order valence-corrected chi connectivity index (χ2v) is 6.28. The van der Waals surface area contributed by atoms with Gasteiger partial charge >= 0.3 is 0 Å². The summed E-state index contributed by atoms with van der Waals surface area (Å²) in [6.45, 7) is 5.86. The lowest BCUT2D eigenvalue weighted by atomic mass is 9.74. The van der Waals surface area contributed by atoms with Crippen molar-refractivity contribution in [2.75, 3.05) is 6.61 Å². The SMILES string of the molecule is CC1CC2(C)CC1C(C1C=CCCO1)C2. The smallest absolute Gasteiger partial charge is 0.0787 e. The van der Waals surface area contributed by atoms with Crippen LogP contribution in [0.3, 0.4) is 0 Å². The van der Waals surface area contributed by atoms with E-state index in [1.165, 1.54) is 19.3 Å². The molecule has 1 aliphatic heterocycles. The van der Waals surface area contributed by atoms with Crippen molar-refractivity contribution in [2.45, 2.75) is 45.6 Å². The third-order valence-corrected chi connectivity index (χ3v) is 4.90. The first-order chi connectivity index (χ1) is 7.18. The molecule has 3 aliphatic rings. The Kier molecular flexibility index (Phi) is 2.21. The van der Waals surface area contributed by atoms with Gasteiger partial charge in [0, 0.05) is 0 Å². The van der Waals surface area contributed by atoms with E-state index in [-0.39, 0.29) is 0 Å². The fourth-order valence-corrected chi connectivity index (χ4v) is 4.43. The Labute approximate surface area is 92.9 Å². The van der Waals surface area contributed by atoms with Gasteiger partial charge in [-0.1, -0.05) is 26.0 Å². The monoisotopic (exact) mass is 206 g/mol. The first-order valence-electron chi connectivity index (χ1n) is 6.46. The van der Waals surface area contributed by atoms with E-state index < -0.39 is 0 Å². The van der Waals surface area contributed by atoms with E-state index in [1.54, 1.807) is 0 Å². The van der Waals surface area contributed by atoms with Crippen LogP contribution in [-0.2, 0) is 4.74 Å². The fourth-order valence-electron chi connectivity index (χ4n) is 4.43. The van der Waals surface area contributed by atoms with Crippen molar-refractivity contribution in [1.29, 1.82) is 0 Å². The Morgan fingerprint density at radius 3 is 2.60 bits per heavy atom. The first-order valence-corrected chi connectivity index (χ1v) is 6.46. The molecule has 1 heteroatoms. The Balaban J connectivity index is 1.78. The van der Waals surface area contributed by atoms with Crippen LogP contribution in [0.25, 0.3) is 0 Å². The van der Waals surface area contributed by atoms with E-state index in [4.69, 9.17) is 4.74 Å². The van der Waals surface area contributed by atoms with Crippen molar-refractivity contribution in [3.63, 3.8) is 0 Å². The topological polar surface area (TPSA) is 9.23 Å². The molecule has 1 nitrogen and oxygen atoms in total. The molecule has 0 aromatic rings. The maximum Gasteiger partial charge on any atom is 0.0787 e. The molecule has 0 amide bonds. The summed E-state index contributed by atoms with van der Waals surface area (Å²) in [5.41, 5.74) is 0.642. The lowest BCUT2D eigenvalue weighted by Gasteiger charge is -2.35.